The molecule has 7 heteroatoms. The Hall–Kier alpha value is -0.821. The second kappa shape index (κ2) is 7.44. The van der Waals surface area contributed by atoms with Crippen LogP contribution in [0.4, 0.5) is 0 Å². The molecule has 4 aromatic rings. The third-order valence-corrected chi connectivity index (χ3v) is 4.89. The second-order valence-corrected chi connectivity index (χ2v) is 7.25. The Bertz CT molecular complexity index is 718. The van der Waals surface area contributed by atoms with Crippen molar-refractivity contribution in [3.8, 4) is 0 Å². The first-order valence-corrected chi connectivity index (χ1v) is 8.22. The minimum Gasteiger partial charge on any atom is -0.408 e. The third-order valence-electron chi connectivity index (χ3n) is 2.55. The van der Waals surface area contributed by atoms with E-state index in [2.05, 4.69) is 9.97 Å². The summed E-state index contributed by atoms with van der Waals surface area (Å²) in [5.74, 6) is 0. The molecule has 2 aromatic heterocycles. The molecule has 0 amide bonds. The van der Waals surface area contributed by atoms with Gasteiger partial charge in [0, 0.05) is 0 Å². The van der Waals surface area contributed by atoms with Crippen LogP contribution in [0.1, 0.15) is 0 Å². The molecule has 0 fully saturated rings. The van der Waals surface area contributed by atoms with Crippen molar-refractivity contribution in [2.24, 2.45) is 0 Å². The quantitative estimate of drug-likeness (QED) is 0.330. The van der Waals surface area contributed by atoms with Crippen LogP contribution in [-0.4, -0.2) is 9.97 Å². The molecule has 0 saturated heterocycles. The van der Waals surface area contributed by atoms with E-state index in [1.165, 1.54) is 9.40 Å². The standard InChI is InChI=1S/2C7H5NS2.Mn/c2*9-7-8-5-3-1-2-4-6(5)10-7;/h2*1-4H,(H,8,9);/q;;+2/p-2. The molecule has 0 aliphatic rings. The van der Waals surface area contributed by atoms with Crippen molar-refractivity contribution in [2.45, 2.75) is 8.68 Å². The van der Waals surface area contributed by atoms with Gasteiger partial charge < -0.3 is 47.9 Å². The second-order valence-electron chi connectivity index (χ2n) is 3.89. The molecule has 0 unspecified atom stereocenters. The van der Waals surface area contributed by atoms with E-state index in [1.807, 2.05) is 48.5 Å². The summed E-state index contributed by atoms with van der Waals surface area (Å²) in [5, 5.41) is 0. The number of benzene rings is 2. The van der Waals surface area contributed by atoms with Gasteiger partial charge in [-0.25, -0.2) is 0 Å². The SMILES string of the molecule is [Mn+2].[S-]c1nc2ccccc2s1.[S-]c1nc2ccccc2s1. The molecular weight excluding hydrogens is 379 g/mol. The molecule has 0 spiro atoms. The fourth-order valence-electron chi connectivity index (χ4n) is 1.70. The minimum absolute atomic E-state index is 0. The first-order valence-electron chi connectivity index (χ1n) is 5.77. The Morgan fingerprint density at radius 1 is 0.667 bits per heavy atom. The van der Waals surface area contributed by atoms with Crippen molar-refractivity contribution in [1.29, 1.82) is 0 Å². The van der Waals surface area contributed by atoms with Crippen LogP contribution in [0, 0.1) is 0 Å². The summed E-state index contributed by atoms with van der Waals surface area (Å²) in [5.41, 5.74) is 2.02. The number of aromatic nitrogens is 2. The molecule has 0 aliphatic carbocycles. The molecule has 0 aliphatic heterocycles. The van der Waals surface area contributed by atoms with E-state index in [-0.39, 0.29) is 17.1 Å². The van der Waals surface area contributed by atoms with Gasteiger partial charge in [0.1, 0.15) is 0 Å². The monoisotopic (exact) mass is 387 g/mol. The van der Waals surface area contributed by atoms with Crippen molar-refractivity contribution in [1.82, 2.24) is 9.97 Å². The number of nitrogens with zero attached hydrogens (tertiary/aromatic N) is 2. The normalized spacial score (nSPS) is 9.90. The Kier molecular flexibility index (Phi) is 5.87. The van der Waals surface area contributed by atoms with Crippen LogP contribution >= 0.6 is 22.7 Å². The summed E-state index contributed by atoms with van der Waals surface area (Å²) in [6, 6.07) is 15.9. The van der Waals surface area contributed by atoms with Gasteiger partial charge in [0.25, 0.3) is 0 Å². The zero-order valence-electron chi connectivity index (χ0n) is 10.5. The van der Waals surface area contributed by atoms with E-state index < -0.39 is 0 Å². The number of hydrogen-bond donors (Lipinski definition) is 0. The Balaban J connectivity index is 0.000000147. The first kappa shape index (κ1) is 16.5. The molecule has 105 valence electrons. The average Bonchev–Trinajstić information content (AvgIpc) is 2.99. The molecule has 2 aromatic carbocycles. The third kappa shape index (κ3) is 4.09. The summed E-state index contributed by atoms with van der Waals surface area (Å²) in [6.07, 6.45) is 0. The van der Waals surface area contributed by atoms with Gasteiger partial charge in [0.15, 0.2) is 0 Å². The topological polar surface area (TPSA) is 25.8 Å². The fraction of sp³-hybridized carbons (Fsp3) is 0. The molecule has 0 N–H and O–H groups in total. The van der Waals surface area contributed by atoms with Crippen LogP contribution in [0.25, 0.3) is 20.4 Å². The maximum absolute atomic E-state index is 4.92. The summed E-state index contributed by atoms with van der Waals surface area (Å²) in [4.78, 5) is 8.29. The van der Waals surface area contributed by atoms with E-state index in [1.54, 1.807) is 22.7 Å². The van der Waals surface area contributed by atoms with E-state index in [9.17, 15) is 0 Å². The number of hydrogen-bond acceptors (Lipinski definition) is 6. The van der Waals surface area contributed by atoms with Crippen LogP contribution in [0.3, 0.4) is 0 Å². The zero-order chi connectivity index (χ0) is 13.9. The van der Waals surface area contributed by atoms with Crippen LogP contribution in [0.2, 0.25) is 0 Å². The van der Waals surface area contributed by atoms with Gasteiger partial charge in [-0.3, -0.25) is 9.97 Å². The smallest absolute Gasteiger partial charge is 0.408 e. The van der Waals surface area contributed by atoms with Gasteiger partial charge >= 0.3 is 17.1 Å². The first-order chi connectivity index (χ1) is 9.72. The predicted octanol–water partition coefficient (Wildman–Crippen LogP) is 4.40. The molecule has 0 saturated carbocycles. The number of fused-ring (bicyclic) bond motifs is 2. The van der Waals surface area contributed by atoms with E-state index in [0.717, 1.165) is 19.7 Å². The average molecular weight is 387 g/mol. The largest absolute Gasteiger partial charge is 2.00 e. The van der Waals surface area contributed by atoms with Gasteiger partial charge in [-0.2, -0.15) is 0 Å². The molecule has 0 atom stereocenters. The maximum atomic E-state index is 4.92. The van der Waals surface area contributed by atoms with Crippen molar-refractivity contribution in [2.75, 3.05) is 0 Å². The molecule has 1 radical (unpaired) electrons. The summed E-state index contributed by atoms with van der Waals surface area (Å²) < 4.78 is 3.79. The Labute approximate surface area is 151 Å². The Morgan fingerprint density at radius 2 is 1.05 bits per heavy atom. The molecule has 4 rings (SSSR count). The molecular formula is C14H8MnN2S4. The summed E-state index contributed by atoms with van der Waals surface area (Å²) >= 11 is 13.0. The van der Waals surface area contributed by atoms with E-state index in [0.29, 0.717) is 0 Å². The molecule has 2 heterocycles. The van der Waals surface area contributed by atoms with E-state index in [4.69, 9.17) is 25.3 Å². The summed E-state index contributed by atoms with van der Waals surface area (Å²) in [7, 11) is 0. The van der Waals surface area contributed by atoms with Crippen LogP contribution in [0.5, 0.6) is 0 Å². The van der Waals surface area contributed by atoms with E-state index >= 15 is 0 Å². The van der Waals surface area contributed by atoms with Crippen molar-refractivity contribution >= 4 is 68.4 Å². The van der Waals surface area contributed by atoms with Crippen molar-refractivity contribution < 1.29 is 17.1 Å². The molecule has 2 nitrogen and oxygen atoms in total. The van der Waals surface area contributed by atoms with Gasteiger partial charge in [-0.15, -0.1) is 0 Å². The van der Waals surface area contributed by atoms with Gasteiger partial charge in [0.2, 0.25) is 0 Å². The predicted molar refractivity (Wildman–Crippen MR) is 90.5 cm³/mol. The molecule has 21 heavy (non-hydrogen) atoms. The fourth-order valence-corrected chi connectivity index (χ4v) is 3.83. The van der Waals surface area contributed by atoms with Gasteiger partial charge in [0.05, 0.1) is 11.0 Å². The number of thiazole rings is 2. The van der Waals surface area contributed by atoms with Gasteiger partial charge in [-0.1, -0.05) is 36.4 Å². The van der Waals surface area contributed by atoms with Crippen LogP contribution in [0.15, 0.2) is 57.2 Å². The van der Waals surface area contributed by atoms with Crippen molar-refractivity contribution in [3.05, 3.63) is 48.5 Å². The Morgan fingerprint density at radius 3 is 1.43 bits per heavy atom. The summed E-state index contributed by atoms with van der Waals surface area (Å²) in [6.45, 7) is 0. The number of para-hydroxylation sites is 2. The maximum Gasteiger partial charge on any atom is 2.00 e. The zero-order valence-corrected chi connectivity index (χ0v) is 15.0. The van der Waals surface area contributed by atoms with Crippen molar-refractivity contribution in [3.63, 3.8) is 0 Å². The van der Waals surface area contributed by atoms with Gasteiger partial charge in [-0.05, 0) is 30.2 Å². The molecule has 0 bridgehead atoms. The van der Waals surface area contributed by atoms with Crippen LogP contribution < -0.4 is 0 Å². The number of rotatable bonds is 0. The minimum atomic E-state index is 0. The van der Waals surface area contributed by atoms with Crippen LogP contribution in [-0.2, 0) is 42.3 Å².